The number of nitrogens with zero attached hydrogens (tertiary/aromatic N) is 4. The predicted octanol–water partition coefficient (Wildman–Crippen LogP) is 3.36. The monoisotopic (exact) mass is 331 g/mol. The zero-order chi connectivity index (χ0) is 17.4. The van der Waals surface area contributed by atoms with E-state index in [1.807, 2.05) is 55.6 Å². The van der Waals surface area contributed by atoms with Gasteiger partial charge in [-0.2, -0.15) is 4.98 Å². The van der Waals surface area contributed by atoms with Crippen molar-refractivity contribution in [3.8, 4) is 28.0 Å². The van der Waals surface area contributed by atoms with E-state index >= 15 is 0 Å². The van der Waals surface area contributed by atoms with Crippen molar-refractivity contribution < 1.29 is 4.74 Å². The molecule has 0 unspecified atom stereocenters. The number of fused-ring (bicyclic) bond motifs is 1. The number of aryl methyl sites for hydroxylation is 1. The second-order valence-corrected chi connectivity index (χ2v) is 5.76. The van der Waals surface area contributed by atoms with Gasteiger partial charge in [-0.15, -0.1) is 5.10 Å². The minimum atomic E-state index is 0.253. The third-order valence-corrected chi connectivity index (χ3v) is 4.10. The molecule has 4 aromatic rings. The summed E-state index contributed by atoms with van der Waals surface area (Å²) in [6, 6.07) is 14.0. The number of aromatic nitrogens is 4. The molecule has 3 heterocycles. The van der Waals surface area contributed by atoms with Crippen molar-refractivity contribution in [2.24, 2.45) is 0 Å². The van der Waals surface area contributed by atoms with Crippen LogP contribution in [0.25, 0.3) is 27.9 Å². The van der Waals surface area contributed by atoms with E-state index in [9.17, 15) is 0 Å². The second kappa shape index (κ2) is 5.90. The van der Waals surface area contributed by atoms with Crippen LogP contribution < -0.4 is 10.5 Å². The Balaban J connectivity index is 1.87. The van der Waals surface area contributed by atoms with Gasteiger partial charge in [0.05, 0.1) is 7.11 Å². The maximum absolute atomic E-state index is 5.73. The molecule has 0 aliphatic carbocycles. The predicted molar refractivity (Wildman–Crippen MR) is 97.4 cm³/mol. The summed E-state index contributed by atoms with van der Waals surface area (Å²) in [5.41, 5.74) is 11.4. The van der Waals surface area contributed by atoms with Gasteiger partial charge in [-0.1, -0.05) is 12.1 Å². The molecule has 0 amide bonds. The van der Waals surface area contributed by atoms with E-state index in [0.29, 0.717) is 0 Å². The third-order valence-electron chi connectivity index (χ3n) is 4.10. The molecule has 0 radical (unpaired) electrons. The molecule has 4 rings (SSSR count). The molecule has 6 heteroatoms. The Kier molecular flexibility index (Phi) is 3.57. The first-order valence-corrected chi connectivity index (χ1v) is 7.88. The average Bonchev–Trinajstić information content (AvgIpc) is 3.01. The van der Waals surface area contributed by atoms with E-state index < -0.39 is 0 Å². The topological polar surface area (TPSA) is 78.3 Å². The van der Waals surface area contributed by atoms with Gasteiger partial charge in [-0.3, -0.25) is 4.98 Å². The maximum Gasteiger partial charge on any atom is 0.240 e. The van der Waals surface area contributed by atoms with Gasteiger partial charge in [0.1, 0.15) is 5.75 Å². The molecule has 0 fully saturated rings. The van der Waals surface area contributed by atoms with Crippen LogP contribution in [0.2, 0.25) is 0 Å². The van der Waals surface area contributed by atoms with Crippen LogP contribution in [0.3, 0.4) is 0 Å². The molecule has 0 atom stereocenters. The van der Waals surface area contributed by atoms with Crippen LogP contribution in [0, 0.1) is 6.92 Å². The number of benzene rings is 1. The van der Waals surface area contributed by atoms with Crippen LogP contribution in [0.4, 0.5) is 5.95 Å². The van der Waals surface area contributed by atoms with Crippen molar-refractivity contribution in [3.05, 3.63) is 60.6 Å². The largest absolute Gasteiger partial charge is 0.496 e. The molecule has 25 heavy (non-hydrogen) atoms. The Hall–Kier alpha value is -3.41. The quantitative estimate of drug-likeness (QED) is 0.623. The van der Waals surface area contributed by atoms with Crippen molar-refractivity contribution in [2.45, 2.75) is 6.92 Å². The van der Waals surface area contributed by atoms with Gasteiger partial charge in [0.15, 0.2) is 5.65 Å². The van der Waals surface area contributed by atoms with Crippen molar-refractivity contribution in [1.29, 1.82) is 0 Å². The molecule has 3 aromatic heterocycles. The fraction of sp³-hybridized carbons (Fsp3) is 0.105. The summed E-state index contributed by atoms with van der Waals surface area (Å²) in [7, 11) is 1.67. The summed E-state index contributed by atoms with van der Waals surface area (Å²) in [5.74, 6) is 1.04. The van der Waals surface area contributed by atoms with E-state index in [2.05, 4.69) is 15.1 Å². The van der Waals surface area contributed by atoms with Crippen molar-refractivity contribution in [1.82, 2.24) is 19.6 Å². The summed E-state index contributed by atoms with van der Waals surface area (Å²) in [6.07, 6.45) is 3.63. The molecule has 0 bridgehead atoms. The molecule has 0 aliphatic heterocycles. The van der Waals surface area contributed by atoms with Gasteiger partial charge < -0.3 is 10.5 Å². The van der Waals surface area contributed by atoms with Crippen LogP contribution >= 0.6 is 0 Å². The fourth-order valence-electron chi connectivity index (χ4n) is 2.96. The number of rotatable bonds is 3. The number of hydrogen-bond donors (Lipinski definition) is 1. The number of nitrogens with two attached hydrogens (primary N) is 1. The molecule has 124 valence electrons. The zero-order valence-corrected chi connectivity index (χ0v) is 14.0. The number of ether oxygens (including phenoxy) is 1. The van der Waals surface area contributed by atoms with Crippen LogP contribution in [0.1, 0.15) is 5.69 Å². The highest BCUT2D eigenvalue weighted by Crippen LogP contribution is 2.35. The highest BCUT2D eigenvalue weighted by molar-refractivity contribution is 5.82. The van der Waals surface area contributed by atoms with E-state index in [-0.39, 0.29) is 5.95 Å². The first-order valence-electron chi connectivity index (χ1n) is 7.88. The van der Waals surface area contributed by atoms with Crippen LogP contribution in [0.15, 0.2) is 54.9 Å². The summed E-state index contributed by atoms with van der Waals surface area (Å²) in [5, 5.41) is 4.16. The van der Waals surface area contributed by atoms with Gasteiger partial charge in [0.2, 0.25) is 5.95 Å². The normalized spacial score (nSPS) is 11.0. The minimum absolute atomic E-state index is 0.253. The van der Waals surface area contributed by atoms with E-state index in [4.69, 9.17) is 10.5 Å². The maximum atomic E-state index is 5.73. The second-order valence-electron chi connectivity index (χ2n) is 5.76. The molecule has 0 saturated carbocycles. The van der Waals surface area contributed by atoms with Gasteiger partial charge >= 0.3 is 0 Å². The summed E-state index contributed by atoms with van der Waals surface area (Å²) in [4.78, 5) is 8.57. The lowest BCUT2D eigenvalue weighted by Crippen LogP contribution is -1.93. The molecular weight excluding hydrogens is 314 g/mol. The van der Waals surface area contributed by atoms with Gasteiger partial charge in [0, 0.05) is 29.2 Å². The van der Waals surface area contributed by atoms with Gasteiger partial charge in [-0.25, -0.2) is 4.52 Å². The molecule has 6 nitrogen and oxygen atoms in total. The number of hydrogen-bond acceptors (Lipinski definition) is 5. The Labute approximate surface area is 144 Å². The molecule has 0 saturated heterocycles. The molecule has 0 aliphatic rings. The lowest BCUT2D eigenvalue weighted by molar-refractivity contribution is 0.416. The number of nitrogen functional groups attached to an aromatic ring is 1. The van der Waals surface area contributed by atoms with Crippen molar-refractivity contribution in [2.75, 3.05) is 12.8 Å². The highest BCUT2D eigenvalue weighted by atomic mass is 16.5. The minimum Gasteiger partial charge on any atom is -0.496 e. The molecule has 0 spiro atoms. The first-order chi connectivity index (χ1) is 12.2. The molecular formula is C19H17N5O. The zero-order valence-electron chi connectivity index (χ0n) is 14.0. The lowest BCUT2D eigenvalue weighted by Gasteiger charge is -2.12. The van der Waals surface area contributed by atoms with Crippen LogP contribution in [0.5, 0.6) is 5.75 Å². The van der Waals surface area contributed by atoms with Gasteiger partial charge in [0.25, 0.3) is 0 Å². The van der Waals surface area contributed by atoms with E-state index in [1.54, 1.807) is 17.8 Å². The third kappa shape index (κ3) is 2.67. The Morgan fingerprint density at radius 1 is 1.04 bits per heavy atom. The Morgan fingerprint density at radius 3 is 2.68 bits per heavy atom. The Morgan fingerprint density at radius 2 is 1.88 bits per heavy atom. The van der Waals surface area contributed by atoms with E-state index in [1.165, 1.54) is 0 Å². The average molecular weight is 331 g/mol. The first kappa shape index (κ1) is 15.1. The number of anilines is 1. The van der Waals surface area contributed by atoms with Crippen LogP contribution in [-0.2, 0) is 0 Å². The van der Waals surface area contributed by atoms with Crippen molar-refractivity contribution in [3.63, 3.8) is 0 Å². The summed E-state index contributed by atoms with van der Waals surface area (Å²) >= 11 is 0. The summed E-state index contributed by atoms with van der Waals surface area (Å²) in [6.45, 7) is 1.97. The van der Waals surface area contributed by atoms with Crippen molar-refractivity contribution >= 4 is 11.6 Å². The molecule has 1 aromatic carbocycles. The Bertz CT molecular complexity index is 1070. The highest BCUT2D eigenvalue weighted by Gasteiger charge is 2.12. The SMILES string of the molecule is COc1cc(-c2cccn3nc(N)nc23)ccc1-c1ccnc(C)c1. The molecule has 2 N–H and O–H groups in total. The lowest BCUT2D eigenvalue weighted by atomic mass is 10.00. The summed E-state index contributed by atoms with van der Waals surface area (Å²) < 4.78 is 7.31. The number of pyridine rings is 2. The standard InChI is InChI=1S/C19H17N5O/c1-12-10-14(7-8-21-12)15-6-5-13(11-17(15)25-2)16-4-3-9-24-18(16)22-19(20)23-24/h3-11H,1-2H3,(H2,20,23). The van der Waals surface area contributed by atoms with Gasteiger partial charge in [-0.05, 0) is 48.4 Å². The van der Waals surface area contributed by atoms with E-state index in [0.717, 1.165) is 39.3 Å². The number of methoxy groups -OCH3 is 1. The van der Waals surface area contributed by atoms with Crippen LogP contribution in [-0.4, -0.2) is 26.7 Å². The fourth-order valence-corrected chi connectivity index (χ4v) is 2.96. The smallest absolute Gasteiger partial charge is 0.240 e.